The van der Waals surface area contributed by atoms with Gasteiger partial charge in [0.2, 0.25) is 0 Å². The molecule has 21 heavy (non-hydrogen) atoms. The van der Waals surface area contributed by atoms with Crippen LogP contribution >= 0.6 is 0 Å². The van der Waals surface area contributed by atoms with Crippen molar-refractivity contribution in [2.45, 2.75) is 6.61 Å². The van der Waals surface area contributed by atoms with Gasteiger partial charge in [0.25, 0.3) is 5.91 Å². The van der Waals surface area contributed by atoms with Crippen molar-refractivity contribution < 1.29 is 18.3 Å². The molecule has 1 N–H and O–H groups in total. The molecule has 0 unspecified atom stereocenters. The molecule has 0 saturated carbocycles. The third-order valence-electron chi connectivity index (χ3n) is 2.64. The van der Waals surface area contributed by atoms with Gasteiger partial charge in [-0.05, 0) is 24.3 Å². The summed E-state index contributed by atoms with van der Waals surface area (Å²) in [4.78, 5) is 12.1. The second-order valence-corrected chi connectivity index (χ2v) is 3.99. The van der Waals surface area contributed by atoms with Crippen LogP contribution in [0, 0.1) is 11.3 Å². The van der Waals surface area contributed by atoms with Crippen LogP contribution in [-0.4, -0.2) is 12.5 Å². The molecule has 0 aromatic heterocycles. The van der Waals surface area contributed by atoms with Gasteiger partial charge < -0.3 is 10.1 Å². The van der Waals surface area contributed by atoms with Gasteiger partial charge in [-0.2, -0.15) is 14.0 Å². The molecule has 0 heterocycles. The topological polar surface area (TPSA) is 62.1 Å². The maximum atomic E-state index is 12.3. The van der Waals surface area contributed by atoms with Crippen LogP contribution in [0.3, 0.4) is 0 Å². The van der Waals surface area contributed by atoms with E-state index < -0.39 is 12.5 Å². The molecule has 6 heteroatoms. The highest BCUT2D eigenvalue weighted by molar-refractivity contribution is 6.06. The number of halogens is 2. The van der Waals surface area contributed by atoms with Gasteiger partial charge in [-0.1, -0.05) is 24.3 Å². The smallest absolute Gasteiger partial charge is 0.387 e. The van der Waals surface area contributed by atoms with Crippen LogP contribution in [0.4, 0.5) is 14.5 Å². The fourth-order valence-corrected chi connectivity index (χ4v) is 1.73. The van der Waals surface area contributed by atoms with Crippen molar-refractivity contribution in [3.8, 4) is 11.8 Å². The van der Waals surface area contributed by atoms with Crippen molar-refractivity contribution in [3.63, 3.8) is 0 Å². The summed E-state index contributed by atoms with van der Waals surface area (Å²) in [5.41, 5.74) is 0.542. The molecule has 4 nitrogen and oxygen atoms in total. The molecule has 0 radical (unpaired) electrons. The molecule has 2 aromatic carbocycles. The molecule has 1 amide bonds. The van der Waals surface area contributed by atoms with Crippen molar-refractivity contribution in [1.82, 2.24) is 0 Å². The Morgan fingerprint density at radius 1 is 1.14 bits per heavy atom. The number of hydrogen-bond acceptors (Lipinski definition) is 3. The van der Waals surface area contributed by atoms with Crippen molar-refractivity contribution in [2.24, 2.45) is 0 Å². The van der Waals surface area contributed by atoms with E-state index in [2.05, 4.69) is 10.1 Å². The summed E-state index contributed by atoms with van der Waals surface area (Å²) in [6.45, 7) is -3.02. The average Bonchev–Trinajstić information content (AvgIpc) is 2.47. The van der Waals surface area contributed by atoms with E-state index >= 15 is 0 Å². The van der Waals surface area contributed by atoms with E-state index in [0.29, 0.717) is 5.69 Å². The first kappa shape index (κ1) is 14.5. The van der Waals surface area contributed by atoms with Gasteiger partial charge in [0.05, 0.1) is 16.8 Å². The first-order chi connectivity index (χ1) is 10.1. The van der Waals surface area contributed by atoms with E-state index in [0.717, 1.165) is 0 Å². The summed E-state index contributed by atoms with van der Waals surface area (Å²) in [7, 11) is 0. The Balaban J connectivity index is 2.27. The zero-order valence-electron chi connectivity index (χ0n) is 10.7. The highest BCUT2D eigenvalue weighted by atomic mass is 19.3. The first-order valence-corrected chi connectivity index (χ1v) is 5.96. The number of benzene rings is 2. The van der Waals surface area contributed by atoms with Crippen molar-refractivity contribution in [2.75, 3.05) is 5.32 Å². The standard InChI is InChI=1S/C15H10F2N2O2/c16-15(17)21-13-8-4-2-6-11(13)14(20)19-12-7-3-1-5-10(12)9-18/h1-8,15H,(H,19,20). The largest absolute Gasteiger partial charge is 0.434 e. The molecule has 2 aromatic rings. The SMILES string of the molecule is N#Cc1ccccc1NC(=O)c1ccccc1OC(F)F. The number of nitriles is 1. The Hall–Kier alpha value is -2.94. The lowest BCUT2D eigenvalue weighted by molar-refractivity contribution is -0.0501. The zero-order chi connectivity index (χ0) is 15.2. The van der Waals surface area contributed by atoms with Crippen molar-refractivity contribution in [3.05, 3.63) is 59.7 Å². The number of alkyl halides is 2. The maximum Gasteiger partial charge on any atom is 0.387 e. The van der Waals surface area contributed by atoms with Crippen LogP contribution in [-0.2, 0) is 0 Å². The van der Waals surface area contributed by atoms with Gasteiger partial charge in [0, 0.05) is 0 Å². The van der Waals surface area contributed by atoms with Crippen LogP contribution in [0.15, 0.2) is 48.5 Å². The third kappa shape index (κ3) is 3.54. The molecule has 106 valence electrons. The van der Waals surface area contributed by atoms with Gasteiger partial charge in [0.15, 0.2) is 0 Å². The number of carbonyl (C=O) groups is 1. The van der Waals surface area contributed by atoms with E-state index in [4.69, 9.17) is 5.26 Å². The number of nitrogens with one attached hydrogen (secondary N) is 1. The Morgan fingerprint density at radius 2 is 1.81 bits per heavy atom. The molecule has 0 aliphatic heterocycles. The van der Waals surface area contributed by atoms with Gasteiger partial charge >= 0.3 is 6.61 Å². The van der Waals surface area contributed by atoms with E-state index in [1.165, 1.54) is 30.3 Å². The van der Waals surface area contributed by atoms with Gasteiger partial charge in [0.1, 0.15) is 11.8 Å². The molecule has 0 aliphatic rings. The number of ether oxygens (including phenoxy) is 1. The van der Waals surface area contributed by atoms with Gasteiger partial charge in [-0.25, -0.2) is 0 Å². The van der Waals surface area contributed by atoms with E-state index in [1.54, 1.807) is 18.2 Å². The predicted octanol–water partition coefficient (Wildman–Crippen LogP) is 3.41. The minimum absolute atomic E-state index is 0.0365. The average molecular weight is 288 g/mol. The lowest BCUT2D eigenvalue weighted by Crippen LogP contribution is -2.15. The van der Waals surface area contributed by atoms with Crippen molar-refractivity contribution in [1.29, 1.82) is 5.26 Å². The van der Waals surface area contributed by atoms with E-state index in [1.807, 2.05) is 6.07 Å². The van der Waals surface area contributed by atoms with Crippen LogP contribution in [0.2, 0.25) is 0 Å². The van der Waals surface area contributed by atoms with Crippen LogP contribution in [0.1, 0.15) is 15.9 Å². The van der Waals surface area contributed by atoms with Crippen LogP contribution < -0.4 is 10.1 Å². The Labute approximate surface area is 119 Å². The third-order valence-corrected chi connectivity index (χ3v) is 2.64. The van der Waals surface area contributed by atoms with Gasteiger partial charge in [-0.3, -0.25) is 4.79 Å². The molecular formula is C15H10F2N2O2. The second-order valence-electron chi connectivity index (χ2n) is 3.99. The molecule has 0 fully saturated rings. The summed E-state index contributed by atoms with van der Waals surface area (Å²) in [5, 5.41) is 11.5. The summed E-state index contributed by atoms with van der Waals surface area (Å²) in [6, 6.07) is 14.0. The Morgan fingerprint density at radius 3 is 2.52 bits per heavy atom. The van der Waals surface area contributed by atoms with E-state index in [9.17, 15) is 13.6 Å². The zero-order valence-corrected chi connectivity index (χ0v) is 10.7. The number of para-hydroxylation sites is 2. The summed E-state index contributed by atoms with van der Waals surface area (Å²) >= 11 is 0. The summed E-state index contributed by atoms with van der Waals surface area (Å²) < 4.78 is 28.9. The quantitative estimate of drug-likeness (QED) is 0.937. The fourth-order valence-electron chi connectivity index (χ4n) is 1.73. The molecule has 0 spiro atoms. The minimum Gasteiger partial charge on any atom is -0.434 e. The number of anilines is 1. The Kier molecular flexibility index (Phi) is 4.46. The summed E-state index contributed by atoms with van der Waals surface area (Å²) in [6.07, 6.45) is 0. The molecular weight excluding hydrogens is 278 g/mol. The van der Waals surface area contributed by atoms with Crippen molar-refractivity contribution >= 4 is 11.6 Å². The number of carbonyl (C=O) groups excluding carboxylic acids is 1. The molecule has 0 saturated heterocycles. The maximum absolute atomic E-state index is 12.3. The lowest BCUT2D eigenvalue weighted by atomic mass is 10.1. The van der Waals surface area contributed by atoms with Gasteiger partial charge in [-0.15, -0.1) is 0 Å². The normalized spacial score (nSPS) is 10.0. The lowest BCUT2D eigenvalue weighted by Gasteiger charge is -2.11. The molecule has 2 rings (SSSR count). The number of amides is 1. The predicted molar refractivity (Wildman–Crippen MR) is 72.2 cm³/mol. The Bertz CT molecular complexity index is 696. The highest BCUT2D eigenvalue weighted by Gasteiger charge is 2.16. The number of nitrogens with zero attached hydrogens (tertiary/aromatic N) is 1. The second kappa shape index (κ2) is 6.48. The fraction of sp³-hybridized carbons (Fsp3) is 0.0667. The molecule has 0 atom stereocenters. The minimum atomic E-state index is -3.02. The van der Waals surface area contributed by atoms with E-state index in [-0.39, 0.29) is 16.9 Å². The first-order valence-electron chi connectivity index (χ1n) is 5.96. The highest BCUT2D eigenvalue weighted by Crippen LogP contribution is 2.22. The summed E-state index contributed by atoms with van der Waals surface area (Å²) in [5.74, 6) is -0.853. The monoisotopic (exact) mass is 288 g/mol. The number of hydrogen-bond donors (Lipinski definition) is 1. The number of rotatable bonds is 4. The van der Waals surface area contributed by atoms with Crippen LogP contribution in [0.25, 0.3) is 0 Å². The molecule has 0 aliphatic carbocycles. The van der Waals surface area contributed by atoms with Crippen LogP contribution in [0.5, 0.6) is 5.75 Å². The molecule has 0 bridgehead atoms.